The highest BCUT2D eigenvalue weighted by atomic mass is 31.2. The van der Waals surface area contributed by atoms with Crippen LogP contribution in [-0.4, -0.2) is 114 Å². The number of allylic oxidation sites excluding steroid dienone is 16. The lowest BCUT2D eigenvalue weighted by Crippen LogP contribution is -2.64. The number of ether oxygens (including phenoxy) is 2. The average molecular weight is 1030 g/mol. The van der Waals surface area contributed by atoms with E-state index in [1.807, 2.05) is 18.2 Å². The lowest BCUT2D eigenvalue weighted by molar-refractivity contribution is -0.216. The summed E-state index contributed by atoms with van der Waals surface area (Å²) in [4.78, 5) is 54.3. The Morgan fingerprint density at radius 2 is 1.06 bits per heavy atom. The quantitative estimate of drug-likeness (QED) is 0.00940. The number of carbonyl (C=O) groups excluding carboxylic acids is 2. The van der Waals surface area contributed by atoms with E-state index >= 15 is 0 Å². The largest absolute Gasteiger partial charge is 0.472 e. The molecule has 0 spiro atoms. The van der Waals surface area contributed by atoms with E-state index in [-0.39, 0.29) is 12.8 Å². The maximum Gasteiger partial charge on any atom is 0.472 e. The van der Waals surface area contributed by atoms with Gasteiger partial charge in [-0.3, -0.25) is 23.2 Å². The molecule has 398 valence electrons. The number of unbranched alkanes of at least 4 members (excludes halogenated alkanes) is 7. The van der Waals surface area contributed by atoms with Gasteiger partial charge in [0.25, 0.3) is 0 Å². The number of phosphoric ester groups is 2. The fraction of sp³-hybridized carbons (Fsp3) is 0.608. The van der Waals surface area contributed by atoms with E-state index in [4.69, 9.17) is 18.5 Å². The van der Waals surface area contributed by atoms with Gasteiger partial charge in [0.2, 0.25) is 0 Å². The standard InChI is InChI=1S/C51H82O17P2/c1-3-5-7-9-11-13-14-15-16-17-18-19-20-21-22-24-26-30-35-39-45(54)66-43(41-65-70(62,63)68-51-48(57)46(55)47(56)50(49(51)58)67-69(59,60)61)40-64-44(53)38-34-31-27-29-33-37-42(52)36-32-28-25-23-12-10-8-6-4-2/h5,7,11-13,15-16,18-19,21-23,27-29,32-33,37,42-43,46-52,55-58H,3-4,6,8-10,14,17,20,24-26,30-31,34-36,38-41H2,1-2H3,(H,62,63)(H2,59,60,61)/b7-5-,13-11-,16-15-,19-18-,22-21-,23-12-,29-27+,32-28-,37-33-/t42?,43-,46?,47?,48?,49?,50-,51+/m1/s1. The van der Waals surface area contributed by atoms with Crippen LogP contribution in [-0.2, 0) is 41.8 Å². The van der Waals surface area contributed by atoms with Crippen molar-refractivity contribution in [2.75, 3.05) is 13.2 Å². The van der Waals surface area contributed by atoms with Crippen molar-refractivity contribution in [1.82, 2.24) is 0 Å². The summed E-state index contributed by atoms with van der Waals surface area (Å²) in [6.45, 7) is 2.80. The van der Waals surface area contributed by atoms with E-state index < -0.39 is 89.6 Å². The van der Waals surface area contributed by atoms with Gasteiger partial charge in [-0.2, -0.15) is 0 Å². The first-order chi connectivity index (χ1) is 33.5. The fourth-order valence-electron chi connectivity index (χ4n) is 6.59. The lowest BCUT2D eigenvalue weighted by Gasteiger charge is -2.43. The van der Waals surface area contributed by atoms with E-state index in [0.29, 0.717) is 32.1 Å². The van der Waals surface area contributed by atoms with Crippen molar-refractivity contribution >= 4 is 27.6 Å². The molecule has 0 aromatic heterocycles. The van der Waals surface area contributed by atoms with Gasteiger partial charge in [0.05, 0.1) is 12.7 Å². The Balaban J connectivity index is 2.69. The second-order valence-corrected chi connectivity index (χ2v) is 19.2. The zero-order valence-corrected chi connectivity index (χ0v) is 42.8. The topological polar surface area (TPSA) is 276 Å². The van der Waals surface area contributed by atoms with Crippen molar-refractivity contribution in [1.29, 1.82) is 0 Å². The molecule has 1 fully saturated rings. The molecule has 1 saturated carbocycles. The van der Waals surface area contributed by atoms with Crippen LogP contribution < -0.4 is 0 Å². The van der Waals surface area contributed by atoms with Crippen LogP contribution in [0.1, 0.15) is 136 Å². The molecule has 1 rings (SSSR count). The van der Waals surface area contributed by atoms with E-state index in [0.717, 1.165) is 57.8 Å². The smallest absolute Gasteiger partial charge is 0.462 e. The van der Waals surface area contributed by atoms with E-state index in [2.05, 4.69) is 91.3 Å². The van der Waals surface area contributed by atoms with Crippen molar-refractivity contribution in [3.63, 3.8) is 0 Å². The zero-order valence-electron chi connectivity index (χ0n) is 41.0. The normalized spacial score (nSPS) is 22.4. The summed E-state index contributed by atoms with van der Waals surface area (Å²) >= 11 is 0. The Hall–Kier alpha value is -3.38. The Morgan fingerprint density at radius 1 is 0.543 bits per heavy atom. The second-order valence-electron chi connectivity index (χ2n) is 16.6. The molecule has 17 nitrogen and oxygen atoms in total. The second kappa shape index (κ2) is 40.1. The summed E-state index contributed by atoms with van der Waals surface area (Å²) in [6.07, 6.45) is 34.9. The van der Waals surface area contributed by atoms with Gasteiger partial charge < -0.3 is 49.7 Å². The van der Waals surface area contributed by atoms with Gasteiger partial charge in [0.15, 0.2) is 6.10 Å². The van der Waals surface area contributed by atoms with Crippen LogP contribution in [0.4, 0.5) is 0 Å². The first-order valence-corrected chi connectivity index (χ1v) is 27.6. The number of rotatable bonds is 39. The third-order valence-corrected chi connectivity index (χ3v) is 11.9. The van der Waals surface area contributed by atoms with Gasteiger partial charge in [0.1, 0.15) is 43.2 Å². The average Bonchev–Trinajstić information content (AvgIpc) is 3.31. The molecule has 6 unspecified atom stereocenters. The zero-order chi connectivity index (χ0) is 51.9. The molecule has 0 aromatic carbocycles. The molecule has 0 aromatic rings. The number of hydrogen-bond donors (Lipinski definition) is 8. The lowest BCUT2D eigenvalue weighted by atomic mass is 9.85. The SMILES string of the molecule is CC/C=C\C/C=C\C/C=C\C/C=C\C/C=C\CCCCCC(=O)O[C@H](COC(=O)CCC/C=C/C=C\C(O)C/C=C\C/C=C\CCCCC)COP(=O)(O)O[C@H]1C(O)C(O)C(O)[C@@H](OP(=O)(O)O)C1O. The number of aliphatic hydroxyl groups is 5. The molecule has 0 aliphatic heterocycles. The number of phosphoric acid groups is 2. The minimum Gasteiger partial charge on any atom is -0.462 e. The number of esters is 2. The Bertz CT molecular complexity index is 1780. The van der Waals surface area contributed by atoms with Crippen LogP contribution in [0.5, 0.6) is 0 Å². The van der Waals surface area contributed by atoms with Crippen molar-refractivity contribution < 1.29 is 82.0 Å². The van der Waals surface area contributed by atoms with Gasteiger partial charge in [-0.05, 0) is 89.9 Å². The van der Waals surface area contributed by atoms with E-state index in [1.54, 1.807) is 18.2 Å². The maximum atomic E-state index is 13.0. The van der Waals surface area contributed by atoms with Crippen molar-refractivity contribution in [2.24, 2.45) is 0 Å². The predicted molar refractivity (Wildman–Crippen MR) is 270 cm³/mol. The monoisotopic (exact) mass is 1030 g/mol. The molecule has 0 amide bonds. The number of hydrogen-bond acceptors (Lipinski definition) is 14. The van der Waals surface area contributed by atoms with Crippen LogP contribution >= 0.6 is 15.6 Å². The Morgan fingerprint density at radius 3 is 1.63 bits per heavy atom. The van der Waals surface area contributed by atoms with Crippen molar-refractivity contribution in [3.05, 3.63) is 109 Å². The summed E-state index contributed by atoms with van der Waals surface area (Å²) in [5.41, 5.74) is 0. The fourth-order valence-corrected chi connectivity index (χ4v) is 8.13. The van der Waals surface area contributed by atoms with Gasteiger partial charge >= 0.3 is 27.6 Å². The molecule has 9 atom stereocenters. The predicted octanol–water partition coefficient (Wildman–Crippen LogP) is 8.70. The molecular formula is C51H82O17P2. The van der Waals surface area contributed by atoms with Crippen LogP contribution in [0.15, 0.2) is 109 Å². The number of carbonyl (C=O) groups is 2. The Labute approximate surface area is 415 Å². The van der Waals surface area contributed by atoms with Crippen LogP contribution in [0, 0.1) is 0 Å². The van der Waals surface area contributed by atoms with E-state index in [9.17, 15) is 58.9 Å². The molecule has 8 N–H and O–H groups in total. The van der Waals surface area contributed by atoms with Gasteiger partial charge in [0, 0.05) is 12.8 Å². The molecule has 0 bridgehead atoms. The Kier molecular flexibility index (Phi) is 37.1. The summed E-state index contributed by atoms with van der Waals surface area (Å²) in [5.74, 6) is -1.39. The molecule has 0 radical (unpaired) electrons. The first kappa shape index (κ1) is 64.6. The highest BCUT2D eigenvalue weighted by molar-refractivity contribution is 7.47. The summed E-state index contributed by atoms with van der Waals surface area (Å²) in [7, 11) is -10.8. The molecule has 19 heteroatoms. The first-order valence-electron chi connectivity index (χ1n) is 24.5. The minimum atomic E-state index is -5.39. The van der Waals surface area contributed by atoms with Crippen molar-refractivity contribution in [2.45, 2.75) is 185 Å². The highest BCUT2D eigenvalue weighted by Gasteiger charge is 2.54. The van der Waals surface area contributed by atoms with Gasteiger partial charge in [-0.15, -0.1) is 0 Å². The summed E-state index contributed by atoms with van der Waals surface area (Å²) in [6, 6.07) is 0. The van der Waals surface area contributed by atoms with Crippen molar-refractivity contribution in [3.8, 4) is 0 Å². The molecule has 1 aliphatic rings. The number of aliphatic hydroxyl groups excluding tert-OH is 5. The highest BCUT2D eigenvalue weighted by Crippen LogP contribution is 2.49. The van der Waals surface area contributed by atoms with Gasteiger partial charge in [-0.1, -0.05) is 142 Å². The minimum absolute atomic E-state index is 0.0287. The van der Waals surface area contributed by atoms with Crippen LogP contribution in [0.2, 0.25) is 0 Å². The third-order valence-electron chi connectivity index (χ3n) is 10.4. The van der Waals surface area contributed by atoms with E-state index in [1.165, 1.54) is 19.3 Å². The maximum absolute atomic E-state index is 13.0. The summed E-state index contributed by atoms with van der Waals surface area (Å²) < 4.78 is 49.3. The van der Waals surface area contributed by atoms with Crippen LogP contribution in [0.25, 0.3) is 0 Å². The van der Waals surface area contributed by atoms with Gasteiger partial charge in [-0.25, -0.2) is 9.13 Å². The van der Waals surface area contributed by atoms with Crippen LogP contribution in [0.3, 0.4) is 0 Å². The molecule has 0 heterocycles. The molecule has 1 aliphatic carbocycles. The molecule has 0 saturated heterocycles. The molecular weight excluding hydrogens is 946 g/mol. The third kappa shape index (κ3) is 34.1. The summed E-state index contributed by atoms with van der Waals surface area (Å²) in [5, 5.41) is 51.4. The molecule has 70 heavy (non-hydrogen) atoms.